The molecule has 18 heavy (non-hydrogen) atoms. The Labute approximate surface area is 105 Å². The van der Waals surface area contributed by atoms with E-state index >= 15 is 0 Å². The van der Waals surface area contributed by atoms with Gasteiger partial charge in [0.2, 0.25) is 0 Å². The molecule has 2 aliphatic heterocycles. The van der Waals surface area contributed by atoms with Gasteiger partial charge in [-0.2, -0.15) is 0 Å². The van der Waals surface area contributed by atoms with Gasteiger partial charge in [-0.1, -0.05) is 6.08 Å². The zero-order valence-corrected chi connectivity index (χ0v) is 10.6. The normalized spacial score (nSPS) is 18.7. The molecule has 0 aliphatic carbocycles. The molecule has 2 heterocycles. The van der Waals surface area contributed by atoms with E-state index in [2.05, 4.69) is 0 Å². The molecule has 94 valence electrons. The van der Waals surface area contributed by atoms with Gasteiger partial charge in [-0.05, 0) is 19.9 Å². The van der Waals surface area contributed by atoms with Crippen LogP contribution in [0.25, 0.3) is 6.08 Å². The molecule has 0 amide bonds. The predicted molar refractivity (Wildman–Crippen MR) is 65.9 cm³/mol. The first-order chi connectivity index (χ1) is 8.52. The highest BCUT2D eigenvalue weighted by molar-refractivity contribution is 5.98. The SMILES string of the molecule is COc1cc2c(c3c1C(=O)OC3)C=CC(C)(C)O2. The number of cyclic esters (lactones) is 1. The van der Waals surface area contributed by atoms with Crippen molar-refractivity contribution in [2.45, 2.75) is 26.1 Å². The summed E-state index contributed by atoms with van der Waals surface area (Å²) in [7, 11) is 1.54. The molecule has 0 unspecified atom stereocenters. The van der Waals surface area contributed by atoms with Gasteiger partial charge in [-0.15, -0.1) is 0 Å². The molecule has 0 N–H and O–H groups in total. The first-order valence-corrected chi connectivity index (χ1v) is 5.81. The van der Waals surface area contributed by atoms with Crippen LogP contribution < -0.4 is 9.47 Å². The standard InChI is InChI=1S/C14H14O4/c1-14(2)5-4-8-9-7-17-13(15)12(9)11(16-3)6-10(8)18-14/h4-6H,7H2,1-3H3. The second kappa shape index (κ2) is 3.51. The zero-order valence-electron chi connectivity index (χ0n) is 10.6. The van der Waals surface area contributed by atoms with Gasteiger partial charge >= 0.3 is 5.97 Å². The Hall–Kier alpha value is -1.97. The molecule has 2 aliphatic rings. The van der Waals surface area contributed by atoms with E-state index in [0.29, 0.717) is 11.3 Å². The minimum Gasteiger partial charge on any atom is -0.496 e. The van der Waals surface area contributed by atoms with Gasteiger partial charge in [0.05, 0.1) is 7.11 Å². The van der Waals surface area contributed by atoms with Crippen molar-refractivity contribution in [3.05, 3.63) is 28.8 Å². The smallest absolute Gasteiger partial charge is 0.342 e. The van der Waals surface area contributed by atoms with Gasteiger partial charge in [0, 0.05) is 17.2 Å². The van der Waals surface area contributed by atoms with Crippen LogP contribution in [-0.4, -0.2) is 18.7 Å². The van der Waals surface area contributed by atoms with Crippen LogP contribution in [0.3, 0.4) is 0 Å². The molecule has 0 bridgehead atoms. The average molecular weight is 246 g/mol. The summed E-state index contributed by atoms with van der Waals surface area (Å²) >= 11 is 0. The lowest BCUT2D eigenvalue weighted by Crippen LogP contribution is -2.27. The molecule has 0 saturated heterocycles. The number of fused-ring (bicyclic) bond motifs is 3. The Morgan fingerprint density at radius 3 is 2.89 bits per heavy atom. The van der Waals surface area contributed by atoms with Crippen molar-refractivity contribution in [1.82, 2.24) is 0 Å². The van der Waals surface area contributed by atoms with E-state index in [0.717, 1.165) is 16.9 Å². The number of esters is 1. The summed E-state index contributed by atoms with van der Waals surface area (Å²) in [5.41, 5.74) is 1.93. The largest absolute Gasteiger partial charge is 0.496 e. The van der Waals surface area contributed by atoms with E-state index in [-0.39, 0.29) is 18.2 Å². The maximum absolute atomic E-state index is 11.7. The number of ether oxygens (including phenoxy) is 3. The van der Waals surface area contributed by atoms with Crippen LogP contribution in [0.2, 0.25) is 0 Å². The van der Waals surface area contributed by atoms with Crippen LogP contribution in [-0.2, 0) is 11.3 Å². The molecule has 4 nitrogen and oxygen atoms in total. The van der Waals surface area contributed by atoms with Crippen molar-refractivity contribution in [2.24, 2.45) is 0 Å². The van der Waals surface area contributed by atoms with Gasteiger partial charge in [-0.25, -0.2) is 4.79 Å². The Kier molecular flexibility index (Phi) is 2.17. The fourth-order valence-corrected chi connectivity index (χ4v) is 2.31. The third-order valence-electron chi connectivity index (χ3n) is 3.20. The van der Waals surface area contributed by atoms with Crippen molar-refractivity contribution in [1.29, 1.82) is 0 Å². The molecular formula is C14H14O4. The summed E-state index contributed by atoms with van der Waals surface area (Å²) in [6.45, 7) is 4.24. The van der Waals surface area contributed by atoms with Gasteiger partial charge in [0.1, 0.15) is 29.3 Å². The summed E-state index contributed by atoms with van der Waals surface area (Å²) < 4.78 is 16.2. The molecule has 1 aromatic carbocycles. The third-order valence-corrected chi connectivity index (χ3v) is 3.20. The van der Waals surface area contributed by atoms with Crippen LogP contribution in [0, 0.1) is 0 Å². The number of carbonyl (C=O) groups excluding carboxylic acids is 1. The maximum Gasteiger partial charge on any atom is 0.342 e. The van der Waals surface area contributed by atoms with Gasteiger partial charge in [-0.3, -0.25) is 0 Å². The van der Waals surface area contributed by atoms with Crippen molar-refractivity contribution >= 4 is 12.0 Å². The fourth-order valence-electron chi connectivity index (χ4n) is 2.31. The van der Waals surface area contributed by atoms with E-state index in [1.165, 1.54) is 7.11 Å². The van der Waals surface area contributed by atoms with E-state index in [9.17, 15) is 4.79 Å². The highest BCUT2D eigenvalue weighted by Crippen LogP contribution is 2.42. The summed E-state index contributed by atoms with van der Waals surface area (Å²) in [5, 5.41) is 0. The first-order valence-electron chi connectivity index (χ1n) is 5.81. The maximum atomic E-state index is 11.7. The first kappa shape index (κ1) is 11.1. The van der Waals surface area contributed by atoms with E-state index in [1.807, 2.05) is 26.0 Å². The Balaban J connectivity index is 2.24. The van der Waals surface area contributed by atoms with Crippen molar-refractivity contribution in [2.75, 3.05) is 7.11 Å². The molecule has 0 atom stereocenters. The number of methoxy groups -OCH3 is 1. The zero-order chi connectivity index (χ0) is 12.9. The predicted octanol–water partition coefficient (Wildman–Crippen LogP) is 2.55. The van der Waals surface area contributed by atoms with Crippen LogP contribution in [0.1, 0.15) is 35.3 Å². The Morgan fingerprint density at radius 1 is 1.39 bits per heavy atom. The van der Waals surface area contributed by atoms with Crippen molar-refractivity contribution < 1.29 is 19.0 Å². The quantitative estimate of drug-likeness (QED) is 0.714. The molecule has 0 aromatic heterocycles. The number of benzene rings is 1. The van der Waals surface area contributed by atoms with Crippen molar-refractivity contribution in [3.8, 4) is 11.5 Å². The van der Waals surface area contributed by atoms with Crippen molar-refractivity contribution in [3.63, 3.8) is 0 Å². The van der Waals surface area contributed by atoms with Gasteiger partial charge in [0.25, 0.3) is 0 Å². The topological polar surface area (TPSA) is 44.8 Å². The summed E-state index contributed by atoms with van der Waals surface area (Å²) in [6, 6.07) is 1.76. The summed E-state index contributed by atoms with van der Waals surface area (Å²) in [6.07, 6.45) is 3.96. The highest BCUT2D eigenvalue weighted by Gasteiger charge is 2.33. The Morgan fingerprint density at radius 2 is 2.17 bits per heavy atom. The molecular weight excluding hydrogens is 232 g/mol. The van der Waals surface area contributed by atoms with Crippen LogP contribution in [0.15, 0.2) is 12.1 Å². The summed E-state index contributed by atoms with van der Waals surface area (Å²) in [4.78, 5) is 11.7. The number of hydrogen-bond acceptors (Lipinski definition) is 4. The average Bonchev–Trinajstić information content (AvgIpc) is 2.69. The minimum absolute atomic E-state index is 0.280. The molecule has 4 heteroatoms. The lowest BCUT2D eigenvalue weighted by molar-refractivity contribution is 0.0532. The monoisotopic (exact) mass is 246 g/mol. The third kappa shape index (κ3) is 1.49. The minimum atomic E-state index is -0.351. The lowest BCUT2D eigenvalue weighted by Gasteiger charge is -2.29. The van der Waals surface area contributed by atoms with Gasteiger partial charge < -0.3 is 14.2 Å². The highest BCUT2D eigenvalue weighted by atomic mass is 16.5. The molecule has 0 saturated carbocycles. The molecule has 3 rings (SSSR count). The van der Waals surface area contributed by atoms with E-state index in [1.54, 1.807) is 6.07 Å². The number of rotatable bonds is 1. The number of carbonyl (C=O) groups is 1. The Bertz CT molecular complexity index is 570. The second-order valence-electron chi connectivity index (χ2n) is 4.96. The molecule has 0 fully saturated rings. The van der Waals surface area contributed by atoms with E-state index in [4.69, 9.17) is 14.2 Å². The van der Waals surface area contributed by atoms with Crippen LogP contribution >= 0.6 is 0 Å². The fraction of sp³-hybridized carbons (Fsp3) is 0.357. The van der Waals surface area contributed by atoms with E-state index < -0.39 is 0 Å². The number of hydrogen-bond donors (Lipinski definition) is 0. The second-order valence-corrected chi connectivity index (χ2v) is 4.96. The molecule has 0 radical (unpaired) electrons. The lowest BCUT2D eigenvalue weighted by atomic mass is 9.95. The summed E-state index contributed by atoms with van der Waals surface area (Å²) in [5.74, 6) is 0.914. The molecule has 0 spiro atoms. The molecule has 1 aromatic rings. The van der Waals surface area contributed by atoms with Crippen LogP contribution in [0.5, 0.6) is 11.5 Å². The van der Waals surface area contributed by atoms with Gasteiger partial charge in [0.15, 0.2) is 0 Å². The van der Waals surface area contributed by atoms with Crippen LogP contribution in [0.4, 0.5) is 0 Å².